The molecule has 1 aliphatic rings. The van der Waals surface area contributed by atoms with E-state index >= 15 is 0 Å². The fourth-order valence-electron chi connectivity index (χ4n) is 3.20. The number of benzene rings is 2. The van der Waals surface area contributed by atoms with E-state index in [-0.39, 0.29) is 6.03 Å². The standard InChI is InChI=1S/C20H25N3O2/c1-25-19-11-5-2-8-16(19)12-13-21-20(24)22-17-9-3-4-10-18(17)23-14-6-7-15-23/h2-5,8-11H,6-7,12-15H2,1H3,(H2,21,22,24). The summed E-state index contributed by atoms with van der Waals surface area (Å²) in [7, 11) is 1.66. The van der Waals surface area contributed by atoms with Gasteiger partial charge in [0, 0.05) is 19.6 Å². The molecule has 1 fully saturated rings. The topological polar surface area (TPSA) is 53.6 Å². The van der Waals surface area contributed by atoms with Crippen LogP contribution in [0.1, 0.15) is 18.4 Å². The van der Waals surface area contributed by atoms with Crippen LogP contribution in [0, 0.1) is 0 Å². The van der Waals surface area contributed by atoms with Gasteiger partial charge in [-0.3, -0.25) is 0 Å². The Morgan fingerprint density at radius 3 is 2.60 bits per heavy atom. The minimum atomic E-state index is -0.179. The SMILES string of the molecule is COc1ccccc1CCNC(=O)Nc1ccccc1N1CCCC1. The highest BCUT2D eigenvalue weighted by molar-refractivity contribution is 5.93. The third-order valence-corrected chi connectivity index (χ3v) is 4.47. The average molecular weight is 339 g/mol. The average Bonchev–Trinajstić information content (AvgIpc) is 3.17. The highest BCUT2D eigenvalue weighted by atomic mass is 16.5. The van der Waals surface area contributed by atoms with Crippen molar-refractivity contribution in [1.29, 1.82) is 0 Å². The zero-order valence-electron chi connectivity index (χ0n) is 14.6. The number of nitrogens with one attached hydrogen (secondary N) is 2. The van der Waals surface area contributed by atoms with Gasteiger partial charge in [-0.05, 0) is 43.0 Å². The lowest BCUT2D eigenvalue weighted by Crippen LogP contribution is -2.31. The van der Waals surface area contributed by atoms with E-state index in [1.54, 1.807) is 7.11 Å². The number of ether oxygens (including phenoxy) is 1. The molecule has 3 rings (SSSR count). The summed E-state index contributed by atoms with van der Waals surface area (Å²) >= 11 is 0. The molecule has 0 bridgehead atoms. The van der Waals surface area contributed by atoms with Crippen LogP contribution in [0.5, 0.6) is 5.75 Å². The van der Waals surface area contributed by atoms with Crippen LogP contribution in [0.2, 0.25) is 0 Å². The van der Waals surface area contributed by atoms with E-state index in [0.29, 0.717) is 6.54 Å². The van der Waals surface area contributed by atoms with Crippen LogP contribution in [-0.4, -0.2) is 32.8 Å². The molecule has 2 amide bonds. The maximum Gasteiger partial charge on any atom is 0.319 e. The molecule has 0 radical (unpaired) electrons. The highest BCUT2D eigenvalue weighted by Gasteiger charge is 2.16. The Bertz CT molecular complexity index is 712. The number of carbonyl (C=O) groups is 1. The number of methoxy groups -OCH3 is 1. The summed E-state index contributed by atoms with van der Waals surface area (Å²) in [5.74, 6) is 0.851. The third kappa shape index (κ3) is 4.44. The molecule has 2 aromatic carbocycles. The Morgan fingerprint density at radius 2 is 1.80 bits per heavy atom. The van der Waals surface area contributed by atoms with Gasteiger partial charge in [-0.1, -0.05) is 30.3 Å². The van der Waals surface area contributed by atoms with Gasteiger partial charge in [0.25, 0.3) is 0 Å². The lowest BCUT2D eigenvalue weighted by Gasteiger charge is -2.21. The summed E-state index contributed by atoms with van der Waals surface area (Å²) < 4.78 is 5.34. The summed E-state index contributed by atoms with van der Waals surface area (Å²) in [6, 6.07) is 15.7. The molecule has 5 nitrogen and oxygen atoms in total. The summed E-state index contributed by atoms with van der Waals surface area (Å²) in [5, 5.41) is 5.90. The normalized spacial score (nSPS) is 13.6. The van der Waals surface area contributed by atoms with Crippen molar-refractivity contribution in [3.63, 3.8) is 0 Å². The number of urea groups is 1. The number of hydrogen-bond acceptors (Lipinski definition) is 3. The monoisotopic (exact) mass is 339 g/mol. The first-order valence-corrected chi connectivity index (χ1v) is 8.78. The molecule has 1 aliphatic heterocycles. The molecule has 2 aromatic rings. The van der Waals surface area contributed by atoms with E-state index in [9.17, 15) is 4.79 Å². The molecule has 0 aromatic heterocycles. The molecular weight excluding hydrogens is 314 g/mol. The van der Waals surface area contributed by atoms with Gasteiger partial charge < -0.3 is 20.3 Å². The van der Waals surface area contributed by atoms with Crippen LogP contribution < -0.4 is 20.3 Å². The lowest BCUT2D eigenvalue weighted by atomic mass is 10.1. The largest absolute Gasteiger partial charge is 0.496 e. The zero-order chi connectivity index (χ0) is 17.5. The summed E-state index contributed by atoms with van der Waals surface area (Å²) in [6.45, 7) is 2.65. The van der Waals surface area contributed by atoms with Gasteiger partial charge in [-0.25, -0.2) is 4.79 Å². The Hall–Kier alpha value is -2.69. The van der Waals surface area contributed by atoms with Crippen LogP contribution in [0.3, 0.4) is 0 Å². The van der Waals surface area contributed by atoms with E-state index in [2.05, 4.69) is 21.6 Å². The fourth-order valence-corrected chi connectivity index (χ4v) is 3.20. The summed E-state index contributed by atoms with van der Waals surface area (Å²) in [6.07, 6.45) is 3.14. The summed E-state index contributed by atoms with van der Waals surface area (Å²) in [5.41, 5.74) is 3.04. The van der Waals surface area contributed by atoms with Crippen LogP contribution in [0.4, 0.5) is 16.2 Å². The van der Waals surface area contributed by atoms with Crippen LogP contribution in [-0.2, 0) is 6.42 Å². The molecule has 1 saturated heterocycles. The molecule has 5 heteroatoms. The summed E-state index contributed by atoms with van der Waals surface area (Å²) in [4.78, 5) is 14.6. The molecular formula is C20H25N3O2. The molecule has 0 aliphatic carbocycles. The molecule has 0 unspecified atom stereocenters. The van der Waals surface area contributed by atoms with Crippen molar-refractivity contribution in [1.82, 2.24) is 5.32 Å². The van der Waals surface area contributed by atoms with Crippen LogP contribution in [0.25, 0.3) is 0 Å². The Balaban J connectivity index is 1.55. The van der Waals surface area contributed by atoms with Crippen molar-refractivity contribution in [2.24, 2.45) is 0 Å². The highest BCUT2D eigenvalue weighted by Crippen LogP contribution is 2.28. The van der Waals surface area contributed by atoms with Crippen molar-refractivity contribution < 1.29 is 9.53 Å². The Morgan fingerprint density at radius 1 is 1.08 bits per heavy atom. The molecule has 0 spiro atoms. The second kappa shape index (κ2) is 8.42. The van der Waals surface area contributed by atoms with Gasteiger partial charge >= 0.3 is 6.03 Å². The van der Waals surface area contributed by atoms with E-state index in [1.165, 1.54) is 12.8 Å². The van der Waals surface area contributed by atoms with Crippen molar-refractivity contribution >= 4 is 17.4 Å². The first kappa shape index (κ1) is 17.1. The van der Waals surface area contributed by atoms with E-state index in [4.69, 9.17) is 4.74 Å². The Labute approximate surface area is 149 Å². The fraction of sp³-hybridized carbons (Fsp3) is 0.350. The first-order valence-electron chi connectivity index (χ1n) is 8.78. The lowest BCUT2D eigenvalue weighted by molar-refractivity contribution is 0.252. The quantitative estimate of drug-likeness (QED) is 0.844. The second-order valence-corrected chi connectivity index (χ2v) is 6.15. The third-order valence-electron chi connectivity index (χ3n) is 4.47. The molecule has 1 heterocycles. The van der Waals surface area contributed by atoms with Gasteiger partial charge in [0.1, 0.15) is 5.75 Å². The predicted molar refractivity (Wildman–Crippen MR) is 102 cm³/mol. The number of amides is 2. The van der Waals surface area contributed by atoms with E-state index in [1.807, 2.05) is 42.5 Å². The number of para-hydroxylation sites is 3. The number of hydrogen-bond donors (Lipinski definition) is 2. The predicted octanol–water partition coefficient (Wildman–Crippen LogP) is 3.66. The van der Waals surface area contributed by atoms with Gasteiger partial charge in [0.05, 0.1) is 18.5 Å². The second-order valence-electron chi connectivity index (χ2n) is 6.15. The van der Waals surface area contributed by atoms with Crippen LogP contribution in [0.15, 0.2) is 48.5 Å². The number of nitrogens with zero attached hydrogens (tertiary/aromatic N) is 1. The molecule has 0 atom stereocenters. The van der Waals surface area contributed by atoms with Crippen molar-refractivity contribution in [3.05, 3.63) is 54.1 Å². The van der Waals surface area contributed by atoms with Gasteiger partial charge in [0.15, 0.2) is 0 Å². The van der Waals surface area contributed by atoms with Gasteiger partial charge in [-0.15, -0.1) is 0 Å². The number of anilines is 2. The number of rotatable bonds is 6. The van der Waals surface area contributed by atoms with Crippen molar-refractivity contribution in [3.8, 4) is 5.75 Å². The maximum absolute atomic E-state index is 12.3. The molecule has 25 heavy (non-hydrogen) atoms. The zero-order valence-corrected chi connectivity index (χ0v) is 14.6. The molecule has 2 N–H and O–H groups in total. The smallest absolute Gasteiger partial charge is 0.319 e. The first-order chi connectivity index (χ1) is 12.3. The van der Waals surface area contributed by atoms with E-state index < -0.39 is 0 Å². The minimum absolute atomic E-state index is 0.179. The van der Waals surface area contributed by atoms with E-state index in [0.717, 1.165) is 42.2 Å². The van der Waals surface area contributed by atoms with Crippen molar-refractivity contribution in [2.45, 2.75) is 19.3 Å². The number of carbonyl (C=O) groups excluding carboxylic acids is 1. The Kier molecular flexibility index (Phi) is 5.77. The van der Waals surface area contributed by atoms with Crippen LogP contribution >= 0.6 is 0 Å². The van der Waals surface area contributed by atoms with Gasteiger partial charge in [-0.2, -0.15) is 0 Å². The molecule has 0 saturated carbocycles. The molecule has 132 valence electrons. The minimum Gasteiger partial charge on any atom is -0.496 e. The van der Waals surface area contributed by atoms with Crippen molar-refractivity contribution in [2.75, 3.05) is 37.0 Å². The maximum atomic E-state index is 12.3. The van der Waals surface area contributed by atoms with Gasteiger partial charge in [0.2, 0.25) is 0 Å².